The van der Waals surface area contributed by atoms with E-state index in [1.54, 1.807) is 17.5 Å². The summed E-state index contributed by atoms with van der Waals surface area (Å²) in [6.45, 7) is 0. The van der Waals surface area contributed by atoms with Crippen molar-refractivity contribution in [2.24, 2.45) is 0 Å². The maximum Gasteiger partial charge on any atom is 0.478 e. The van der Waals surface area contributed by atoms with Gasteiger partial charge in [-0.05, 0) is 24.3 Å². The predicted molar refractivity (Wildman–Crippen MR) is 81.2 cm³/mol. The first-order chi connectivity index (χ1) is 10.5. The summed E-state index contributed by atoms with van der Waals surface area (Å²) in [5.41, 5.74) is 0.106. The summed E-state index contributed by atoms with van der Waals surface area (Å²) < 4.78 is 5.20. The van der Waals surface area contributed by atoms with Crippen molar-refractivity contribution in [3.8, 4) is 0 Å². The van der Waals surface area contributed by atoms with Crippen LogP contribution in [0.1, 0.15) is 24.1 Å². The molecular weight excluding hydrogens is 309 g/mol. The van der Waals surface area contributed by atoms with Crippen LogP contribution in [-0.2, 0) is 14.2 Å². The smallest absolute Gasteiger partial charge is 0.478 e. The molecule has 1 aromatic heterocycles. The average molecular weight is 325 g/mol. The molecule has 0 aromatic carbocycles. The van der Waals surface area contributed by atoms with Gasteiger partial charge in [0.15, 0.2) is 0 Å². The molecule has 1 aliphatic rings. The van der Waals surface area contributed by atoms with E-state index in [4.69, 9.17) is 9.76 Å². The van der Waals surface area contributed by atoms with Gasteiger partial charge in [0.2, 0.25) is 0 Å². The number of nitrogens with one attached hydrogen (secondary N) is 1. The first-order valence-corrected chi connectivity index (χ1v) is 7.63. The van der Waals surface area contributed by atoms with Gasteiger partial charge >= 0.3 is 13.1 Å². The molecule has 118 valence electrons. The lowest BCUT2D eigenvalue weighted by atomic mass is 9.72. The third kappa shape index (κ3) is 4.09. The zero-order chi connectivity index (χ0) is 16.1. The molecule has 0 saturated carbocycles. The van der Waals surface area contributed by atoms with Crippen molar-refractivity contribution >= 4 is 35.9 Å². The number of aliphatic carboxylic acids is 1. The Morgan fingerprint density at radius 3 is 2.82 bits per heavy atom. The molecule has 0 spiro atoms. The van der Waals surface area contributed by atoms with E-state index in [9.17, 15) is 19.7 Å². The second-order valence-corrected chi connectivity index (χ2v) is 5.87. The van der Waals surface area contributed by atoms with Crippen molar-refractivity contribution in [3.05, 3.63) is 28.7 Å². The van der Waals surface area contributed by atoms with Crippen molar-refractivity contribution in [2.75, 3.05) is 0 Å². The zero-order valence-corrected chi connectivity index (χ0v) is 12.5. The minimum Gasteiger partial charge on any atom is -0.515 e. The lowest BCUT2D eigenvalue weighted by molar-refractivity contribution is -0.139. The number of rotatable bonds is 5. The Hall–Kier alpha value is -1.84. The van der Waals surface area contributed by atoms with Crippen LogP contribution in [0.4, 0.5) is 0 Å². The number of thiophene rings is 1. The molecule has 4 N–H and O–H groups in total. The van der Waals surface area contributed by atoms with Gasteiger partial charge in [-0.2, -0.15) is 0 Å². The summed E-state index contributed by atoms with van der Waals surface area (Å²) in [7, 11) is -1.27. The third-order valence-corrected chi connectivity index (χ3v) is 4.26. The van der Waals surface area contributed by atoms with Crippen LogP contribution < -0.4 is 5.32 Å². The Kier molecular flexibility index (Phi) is 5.59. The van der Waals surface area contributed by atoms with E-state index in [1.807, 2.05) is 0 Å². The number of carbonyl (C=O) groups excluding carboxylic acids is 1. The van der Waals surface area contributed by atoms with Crippen LogP contribution in [-0.4, -0.2) is 46.3 Å². The standard InChI is InChI=1S/C13H16BNO6S/c16-7-9(10-2-1-5-22-10)13(19)15-11-4-3-8(6-12(17)18)21-14(11)20/h1-2,5,7-8,11,16,20H,3-4,6H2,(H,15,19)(H,17,18)/b9-7-/t8-,11-/m0/s1. The van der Waals surface area contributed by atoms with Crippen LogP contribution in [0.5, 0.6) is 0 Å². The van der Waals surface area contributed by atoms with E-state index < -0.39 is 31.0 Å². The topological polar surface area (TPSA) is 116 Å². The van der Waals surface area contributed by atoms with E-state index in [-0.39, 0.29) is 12.0 Å². The second-order valence-electron chi connectivity index (χ2n) is 4.92. The van der Waals surface area contributed by atoms with Gasteiger partial charge in [0.05, 0.1) is 30.3 Å². The molecule has 1 fully saturated rings. The first kappa shape index (κ1) is 16.5. The summed E-state index contributed by atoms with van der Waals surface area (Å²) in [4.78, 5) is 23.4. The Labute approximate surface area is 131 Å². The normalized spacial score (nSPS) is 22.4. The molecule has 1 saturated heterocycles. The Morgan fingerprint density at radius 1 is 1.50 bits per heavy atom. The maximum atomic E-state index is 12.2. The highest BCUT2D eigenvalue weighted by Gasteiger charge is 2.37. The van der Waals surface area contributed by atoms with Gasteiger partial charge < -0.3 is 25.2 Å². The number of hydrogen-bond donors (Lipinski definition) is 4. The van der Waals surface area contributed by atoms with Crippen molar-refractivity contribution < 1.29 is 29.5 Å². The molecule has 0 radical (unpaired) electrons. The molecule has 2 rings (SSSR count). The zero-order valence-electron chi connectivity index (χ0n) is 11.6. The number of carbonyl (C=O) groups is 2. The molecule has 7 nitrogen and oxygen atoms in total. The lowest BCUT2D eigenvalue weighted by Gasteiger charge is -2.31. The molecule has 1 amide bonds. The monoisotopic (exact) mass is 325 g/mol. The fraction of sp³-hybridized carbons (Fsp3) is 0.385. The summed E-state index contributed by atoms with van der Waals surface area (Å²) in [5.74, 6) is -2.16. The van der Waals surface area contributed by atoms with E-state index in [1.165, 1.54) is 11.3 Å². The Morgan fingerprint density at radius 2 is 2.27 bits per heavy atom. The molecule has 0 bridgehead atoms. The van der Waals surface area contributed by atoms with Crippen molar-refractivity contribution in [1.82, 2.24) is 5.32 Å². The quantitative estimate of drug-likeness (QED) is 0.362. The first-order valence-electron chi connectivity index (χ1n) is 6.75. The van der Waals surface area contributed by atoms with Gasteiger partial charge in [0.1, 0.15) is 0 Å². The Balaban J connectivity index is 1.94. The average Bonchev–Trinajstić information content (AvgIpc) is 2.96. The van der Waals surface area contributed by atoms with Crippen molar-refractivity contribution in [3.63, 3.8) is 0 Å². The molecule has 2 atom stereocenters. The SMILES string of the molecule is O=C(O)C[C@@H]1CC[C@H](NC(=O)/C(=C\O)c2cccs2)B(O)O1. The van der Waals surface area contributed by atoms with Crippen LogP contribution >= 0.6 is 11.3 Å². The van der Waals surface area contributed by atoms with Gasteiger partial charge in [-0.1, -0.05) is 6.07 Å². The number of aliphatic hydroxyl groups excluding tert-OH is 1. The maximum absolute atomic E-state index is 12.2. The van der Waals surface area contributed by atoms with Crippen LogP contribution in [0.15, 0.2) is 23.8 Å². The van der Waals surface area contributed by atoms with Gasteiger partial charge in [-0.25, -0.2) is 0 Å². The van der Waals surface area contributed by atoms with Gasteiger partial charge in [0.25, 0.3) is 5.91 Å². The largest absolute Gasteiger partial charge is 0.515 e. The molecule has 9 heteroatoms. The highest BCUT2D eigenvalue weighted by atomic mass is 32.1. The van der Waals surface area contributed by atoms with Crippen molar-refractivity contribution in [1.29, 1.82) is 0 Å². The number of aliphatic hydroxyl groups is 1. The van der Waals surface area contributed by atoms with Crippen LogP contribution in [0.25, 0.3) is 5.57 Å². The summed E-state index contributed by atoms with van der Waals surface area (Å²) in [5, 5.41) is 32.2. The summed E-state index contributed by atoms with van der Waals surface area (Å²) in [6, 6.07) is 3.45. The molecule has 2 heterocycles. The highest BCUT2D eigenvalue weighted by Crippen LogP contribution is 2.22. The number of carboxylic acid groups (broad SMARTS) is 1. The van der Waals surface area contributed by atoms with E-state index in [2.05, 4.69) is 5.32 Å². The van der Waals surface area contributed by atoms with E-state index >= 15 is 0 Å². The van der Waals surface area contributed by atoms with Crippen LogP contribution in [0.3, 0.4) is 0 Å². The highest BCUT2D eigenvalue weighted by molar-refractivity contribution is 7.11. The molecule has 22 heavy (non-hydrogen) atoms. The fourth-order valence-electron chi connectivity index (χ4n) is 2.27. The minimum absolute atomic E-state index is 0.106. The molecule has 0 unspecified atom stereocenters. The van der Waals surface area contributed by atoms with Gasteiger partial charge in [-0.15, -0.1) is 11.3 Å². The lowest BCUT2D eigenvalue weighted by Crippen LogP contribution is -2.53. The molecule has 1 aliphatic heterocycles. The third-order valence-electron chi connectivity index (χ3n) is 3.35. The van der Waals surface area contributed by atoms with Crippen LogP contribution in [0.2, 0.25) is 0 Å². The predicted octanol–water partition coefficient (Wildman–Crippen LogP) is 0.805. The molecule has 0 aliphatic carbocycles. The van der Waals surface area contributed by atoms with Crippen molar-refractivity contribution in [2.45, 2.75) is 31.3 Å². The molecule has 1 aromatic rings. The number of amides is 1. The summed E-state index contributed by atoms with van der Waals surface area (Å²) in [6.07, 6.45) is 0.796. The number of hydrogen-bond acceptors (Lipinski definition) is 6. The van der Waals surface area contributed by atoms with E-state index in [0.717, 1.165) is 6.26 Å². The van der Waals surface area contributed by atoms with Gasteiger partial charge in [0, 0.05) is 4.88 Å². The minimum atomic E-state index is -1.27. The number of carboxylic acids is 1. The second kappa shape index (κ2) is 7.43. The summed E-state index contributed by atoms with van der Waals surface area (Å²) >= 11 is 1.31. The van der Waals surface area contributed by atoms with Gasteiger partial charge in [-0.3, -0.25) is 9.59 Å². The van der Waals surface area contributed by atoms with Crippen LogP contribution in [0, 0.1) is 0 Å². The Bertz CT molecular complexity index is 561. The fourth-order valence-corrected chi connectivity index (χ4v) is 3.00. The molecular formula is C13H16BNO6S. The van der Waals surface area contributed by atoms with E-state index in [0.29, 0.717) is 17.7 Å².